The number of hydrogen-bond acceptors (Lipinski definition) is 3. The number of aryl methyl sites for hydroxylation is 1. The summed E-state index contributed by atoms with van der Waals surface area (Å²) in [5.41, 5.74) is 1.56. The first-order valence-corrected chi connectivity index (χ1v) is 8.58. The van der Waals surface area contributed by atoms with Crippen molar-refractivity contribution in [3.8, 4) is 0 Å². The lowest BCUT2D eigenvalue weighted by Crippen LogP contribution is -2.46. The summed E-state index contributed by atoms with van der Waals surface area (Å²) in [5.74, 6) is 2.09. The molecule has 0 amide bonds. The summed E-state index contributed by atoms with van der Waals surface area (Å²) in [4.78, 5) is 4.70. The highest BCUT2D eigenvalue weighted by molar-refractivity contribution is 8.14. The molecule has 0 atom stereocenters. The molecule has 0 unspecified atom stereocenters. The molecule has 1 aliphatic carbocycles. The normalized spacial score (nSPS) is 31.9. The standard InChI is InChI=1S/C15H24N4S/c1-12-3-5-15(6-4-12)11-20-14(18-15)16-7-8-19-10-13(2)9-17-19/h9-10,12H,3-8,11H2,1-2H3,(H,16,18). The lowest BCUT2D eigenvalue weighted by atomic mass is 9.78. The molecule has 0 radical (unpaired) electrons. The van der Waals surface area contributed by atoms with Crippen molar-refractivity contribution in [1.29, 1.82) is 0 Å². The molecule has 110 valence electrons. The van der Waals surface area contributed by atoms with Crippen LogP contribution in [0.25, 0.3) is 0 Å². The maximum absolute atomic E-state index is 4.70. The first-order valence-electron chi connectivity index (χ1n) is 7.60. The van der Waals surface area contributed by atoms with Crippen molar-refractivity contribution >= 4 is 16.9 Å². The summed E-state index contributed by atoms with van der Waals surface area (Å²) in [6.45, 7) is 6.11. The molecule has 1 saturated carbocycles. The van der Waals surface area contributed by atoms with E-state index in [4.69, 9.17) is 4.99 Å². The van der Waals surface area contributed by atoms with Crippen molar-refractivity contribution in [3.05, 3.63) is 18.0 Å². The number of hydrogen-bond donors (Lipinski definition) is 1. The summed E-state index contributed by atoms with van der Waals surface area (Å²) in [5, 5.41) is 9.14. The smallest absolute Gasteiger partial charge is 0.157 e. The Bertz CT molecular complexity index is 486. The fourth-order valence-corrected chi connectivity index (χ4v) is 4.26. The van der Waals surface area contributed by atoms with Crippen LogP contribution in [0.1, 0.15) is 38.2 Å². The van der Waals surface area contributed by atoms with Gasteiger partial charge in [0.05, 0.1) is 19.3 Å². The van der Waals surface area contributed by atoms with Gasteiger partial charge >= 0.3 is 0 Å². The van der Waals surface area contributed by atoms with E-state index in [9.17, 15) is 0 Å². The largest absolute Gasteiger partial charge is 0.359 e. The van der Waals surface area contributed by atoms with Gasteiger partial charge in [0.1, 0.15) is 0 Å². The summed E-state index contributed by atoms with van der Waals surface area (Å²) < 4.78 is 1.97. The van der Waals surface area contributed by atoms with Gasteiger partial charge in [-0.25, -0.2) is 0 Å². The van der Waals surface area contributed by atoms with Crippen LogP contribution in [-0.4, -0.2) is 32.8 Å². The van der Waals surface area contributed by atoms with E-state index in [-0.39, 0.29) is 0 Å². The van der Waals surface area contributed by atoms with Gasteiger partial charge in [-0.1, -0.05) is 18.7 Å². The zero-order chi connectivity index (χ0) is 14.0. The molecule has 1 saturated heterocycles. The van der Waals surface area contributed by atoms with Crippen LogP contribution in [-0.2, 0) is 6.54 Å². The Morgan fingerprint density at radius 3 is 3.00 bits per heavy atom. The van der Waals surface area contributed by atoms with E-state index in [1.165, 1.54) is 37.0 Å². The van der Waals surface area contributed by atoms with Crippen LogP contribution in [0.15, 0.2) is 17.4 Å². The van der Waals surface area contributed by atoms with Crippen LogP contribution in [0.2, 0.25) is 0 Å². The van der Waals surface area contributed by atoms with E-state index in [0.29, 0.717) is 5.54 Å². The predicted molar refractivity (Wildman–Crippen MR) is 85.2 cm³/mol. The highest BCUT2D eigenvalue weighted by Crippen LogP contribution is 2.38. The molecular formula is C15H24N4S. The minimum atomic E-state index is 0.346. The average molecular weight is 292 g/mol. The van der Waals surface area contributed by atoms with E-state index in [0.717, 1.165) is 24.2 Å². The van der Waals surface area contributed by atoms with E-state index in [2.05, 4.69) is 30.5 Å². The van der Waals surface area contributed by atoms with Gasteiger partial charge in [-0.3, -0.25) is 9.67 Å². The number of rotatable bonds is 3. The molecule has 1 aromatic heterocycles. The van der Waals surface area contributed by atoms with Crippen molar-refractivity contribution < 1.29 is 0 Å². The van der Waals surface area contributed by atoms with Crippen LogP contribution in [0.4, 0.5) is 0 Å². The molecule has 1 aromatic rings. The monoisotopic (exact) mass is 292 g/mol. The number of thioether (sulfide) groups is 1. The second kappa shape index (κ2) is 5.80. The maximum Gasteiger partial charge on any atom is 0.157 e. The maximum atomic E-state index is 4.70. The van der Waals surface area contributed by atoms with E-state index >= 15 is 0 Å². The number of nitrogens with one attached hydrogen (secondary N) is 1. The topological polar surface area (TPSA) is 42.2 Å². The van der Waals surface area contributed by atoms with Gasteiger partial charge in [0.15, 0.2) is 5.17 Å². The Morgan fingerprint density at radius 1 is 1.50 bits per heavy atom. The molecule has 2 heterocycles. The summed E-state index contributed by atoms with van der Waals surface area (Å²) in [6, 6.07) is 0. The van der Waals surface area contributed by atoms with Gasteiger partial charge in [-0.05, 0) is 44.1 Å². The Morgan fingerprint density at radius 2 is 2.30 bits per heavy atom. The molecule has 2 fully saturated rings. The van der Waals surface area contributed by atoms with Crippen molar-refractivity contribution in [2.45, 2.75) is 51.6 Å². The molecule has 0 bridgehead atoms. The minimum Gasteiger partial charge on any atom is -0.359 e. The Balaban J connectivity index is 1.50. The van der Waals surface area contributed by atoms with Crippen molar-refractivity contribution in [2.24, 2.45) is 10.9 Å². The van der Waals surface area contributed by atoms with E-state index < -0.39 is 0 Å². The number of nitrogens with zero attached hydrogens (tertiary/aromatic N) is 3. The van der Waals surface area contributed by atoms with Gasteiger partial charge in [-0.2, -0.15) is 5.10 Å². The second-order valence-electron chi connectivity index (χ2n) is 6.34. The molecule has 3 rings (SSSR count). The SMILES string of the molecule is Cc1cnn(CCN=C2NC3(CCC(C)CC3)CS2)c1. The van der Waals surface area contributed by atoms with Crippen LogP contribution >= 0.6 is 11.8 Å². The van der Waals surface area contributed by atoms with Gasteiger partial charge in [-0.15, -0.1) is 0 Å². The van der Waals surface area contributed by atoms with Crippen LogP contribution in [0.5, 0.6) is 0 Å². The van der Waals surface area contributed by atoms with E-state index in [1.807, 2.05) is 22.6 Å². The van der Waals surface area contributed by atoms with Crippen LogP contribution in [0, 0.1) is 12.8 Å². The lowest BCUT2D eigenvalue weighted by molar-refractivity contribution is 0.251. The van der Waals surface area contributed by atoms with Gasteiger partial charge < -0.3 is 5.32 Å². The molecular weight excluding hydrogens is 268 g/mol. The molecule has 20 heavy (non-hydrogen) atoms. The molecule has 1 spiro atoms. The number of aliphatic imine (C=N–C) groups is 1. The zero-order valence-electron chi connectivity index (χ0n) is 12.4. The molecule has 0 aromatic carbocycles. The average Bonchev–Trinajstić information content (AvgIpc) is 3.02. The molecule has 1 aliphatic heterocycles. The fourth-order valence-electron chi connectivity index (χ4n) is 3.02. The number of amidine groups is 1. The van der Waals surface area contributed by atoms with Crippen molar-refractivity contribution in [3.63, 3.8) is 0 Å². The lowest BCUT2D eigenvalue weighted by Gasteiger charge is -2.35. The highest BCUT2D eigenvalue weighted by atomic mass is 32.2. The van der Waals surface area contributed by atoms with Gasteiger partial charge in [0, 0.05) is 17.5 Å². The Hall–Kier alpha value is -0.970. The second-order valence-corrected chi connectivity index (χ2v) is 7.31. The minimum absolute atomic E-state index is 0.346. The van der Waals surface area contributed by atoms with Gasteiger partial charge in [0.25, 0.3) is 0 Å². The zero-order valence-corrected chi connectivity index (χ0v) is 13.2. The van der Waals surface area contributed by atoms with Crippen LogP contribution in [0.3, 0.4) is 0 Å². The first-order chi connectivity index (χ1) is 9.65. The fraction of sp³-hybridized carbons (Fsp3) is 0.733. The number of aromatic nitrogens is 2. The van der Waals surface area contributed by atoms with Crippen molar-refractivity contribution in [1.82, 2.24) is 15.1 Å². The molecule has 4 nitrogen and oxygen atoms in total. The summed E-state index contributed by atoms with van der Waals surface area (Å²) in [7, 11) is 0. The highest BCUT2D eigenvalue weighted by Gasteiger charge is 2.39. The van der Waals surface area contributed by atoms with Gasteiger partial charge in [0.2, 0.25) is 0 Å². The molecule has 1 N–H and O–H groups in total. The first kappa shape index (κ1) is 14.0. The molecule has 2 aliphatic rings. The Labute approximate surface area is 125 Å². The summed E-state index contributed by atoms with van der Waals surface area (Å²) >= 11 is 1.90. The third-order valence-electron chi connectivity index (χ3n) is 4.44. The third-order valence-corrected chi connectivity index (χ3v) is 5.64. The van der Waals surface area contributed by atoms with Crippen LogP contribution < -0.4 is 5.32 Å². The quantitative estimate of drug-likeness (QED) is 0.931. The summed E-state index contributed by atoms with van der Waals surface area (Å²) in [6.07, 6.45) is 9.28. The van der Waals surface area contributed by atoms with E-state index in [1.54, 1.807) is 0 Å². The third kappa shape index (κ3) is 3.19. The molecule has 5 heteroatoms. The van der Waals surface area contributed by atoms with Crippen molar-refractivity contribution in [2.75, 3.05) is 12.3 Å². The Kier molecular flexibility index (Phi) is 4.06. The predicted octanol–water partition coefficient (Wildman–Crippen LogP) is 2.83.